The lowest BCUT2D eigenvalue weighted by atomic mass is 9.91. The molecule has 0 spiro atoms. The van der Waals surface area contributed by atoms with E-state index in [-0.39, 0.29) is 36.7 Å². The second kappa shape index (κ2) is 22.1. The Bertz CT molecular complexity index is 2260. The van der Waals surface area contributed by atoms with E-state index in [2.05, 4.69) is 31.9 Å². The highest BCUT2D eigenvalue weighted by atomic mass is 79.9. The van der Waals surface area contributed by atoms with Crippen molar-refractivity contribution in [3.05, 3.63) is 136 Å². The molecule has 68 heavy (non-hydrogen) atoms. The van der Waals surface area contributed by atoms with Crippen LogP contribution in [0.25, 0.3) is 0 Å². The van der Waals surface area contributed by atoms with E-state index in [9.17, 15) is 19.2 Å². The summed E-state index contributed by atoms with van der Waals surface area (Å²) < 4.78 is 25.4. The molecule has 2 heterocycles. The van der Waals surface area contributed by atoms with Crippen LogP contribution in [0.4, 0.5) is 0 Å². The number of nitrogens with zero attached hydrogens (tertiary/aromatic N) is 2. The molecule has 4 aromatic carbocycles. The molecule has 6 atom stereocenters. The van der Waals surface area contributed by atoms with Crippen molar-refractivity contribution in [2.45, 2.75) is 128 Å². The third-order valence-electron chi connectivity index (χ3n) is 11.7. The summed E-state index contributed by atoms with van der Waals surface area (Å²) in [4.78, 5) is 56.4. The van der Waals surface area contributed by atoms with Crippen LogP contribution in [0.15, 0.2) is 93.9 Å². The molecule has 0 unspecified atom stereocenters. The molecule has 4 aliphatic rings. The third kappa shape index (κ3) is 14.5. The van der Waals surface area contributed by atoms with E-state index in [4.69, 9.17) is 65.4 Å². The summed E-state index contributed by atoms with van der Waals surface area (Å²) in [5.41, 5.74) is 2.17. The number of hydrogen-bond donors (Lipinski definition) is 0. The van der Waals surface area contributed by atoms with Crippen molar-refractivity contribution >= 4 is 102 Å². The monoisotopic (exact) mass is 1130 g/mol. The van der Waals surface area contributed by atoms with Gasteiger partial charge >= 0.3 is 11.9 Å². The van der Waals surface area contributed by atoms with E-state index in [1.807, 2.05) is 82.6 Å². The van der Waals surface area contributed by atoms with Gasteiger partial charge in [-0.05, 0) is 162 Å². The molecule has 2 aliphatic heterocycles. The fourth-order valence-electron chi connectivity index (χ4n) is 8.52. The molecule has 2 saturated carbocycles. The topological polar surface area (TPSA) is 112 Å². The van der Waals surface area contributed by atoms with Gasteiger partial charge in [0, 0.05) is 42.1 Å². The molecule has 0 radical (unpaired) electrons. The molecule has 16 heteroatoms. The summed E-state index contributed by atoms with van der Waals surface area (Å²) in [7, 11) is 0. The highest BCUT2D eigenvalue weighted by Crippen LogP contribution is 2.48. The Morgan fingerprint density at radius 3 is 1.18 bits per heavy atom. The molecule has 8 rings (SSSR count). The number of rotatable bonds is 12. The van der Waals surface area contributed by atoms with E-state index in [1.54, 1.807) is 53.7 Å². The zero-order valence-electron chi connectivity index (χ0n) is 38.8. The normalized spacial score (nSPS) is 23.2. The lowest BCUT2D eigenvalue weighted by molar-refractivity contribution is -0.183. The number of benzene rings is 4. The Morgan fingerprint density at radius 1 is 0.544 bits per heavy atom. The second-order valence-corrected chi connectivity index (χ2v) is 23.5. The number of esters is 2. The highest BCUT2D eigenvalue weighted by molar-refractivity contribution is 9.10. The molecule has 10 nitrogen and oxygen atoms in total. The lowest BCUT2D eigenvalue weighted by Gasteiger charge is -2.45. The van der Waals surface area contributed by atoms with Crippen LogP contribution < -0.4 is 0 Å². The minimum Gasteiger partial charge on any atom is -0.460 e. The number of ether oxygens (including phenoxy) is 4. The summed E-state index contributed by atoms with van der Waals surface area (Å²) >= 11 is 32.1. The van der Waals surface area contributed by atoms with Crippen LogP contribution in [0.2, 0.25) is 20.1 Å². The standard InChI is InChI=1S/2C26H28BrCl2NO4/c2*1-26(2,3)34-22(31)13-21-25(32)30(14-15-4-5-15)23(16-6-8-19(28)9-7-16)24(33-21)17-10-18(27)12-20(29)11-17/h2*6-12,15,21,23-24H,4-5,13-14H2,1-3H3/t21-,23+,24+;21-,23-,24-/m01/s1. The van der Waals surface area contributed by atoms with Gasteiger partial charge in [-0.15, -0.1) is 0 Å². The van der Waals surface area contributed by atoms with Crippen molar-refractivity contribution in [2.24, 2.45) is 11.8 Å². The fraction of sp³-hybridized carbons (Fsp3) is 0.462. The number of amides is 2. The van der Waals surface area contributed by atoms with Crippen LogP contribution in [0.5, 0.6) is 0 Å². The molecular formula is C52H56Br2Cl4N2O8. The third-order valence-corrected chi connectivity index (χ3v) is 13.5. The highest BCUT2D eigenvalue weighted by Gasteiger charge is 2.48. The van der Waals surface area contributed by atoms with Crippen LogP contribution in [-0.2, 0) is 38.1 Å². The number of carbonyl (C=O) groups is 4. The average molecular weight is 1140 g/mol. The molecule has 0 N–H and O–H groups in total. The van der Waals surface area contributed by atoms with E-state index in [0.717, 1.165) is 56.9 Å². The first-order chi connectivity index (χ1) is 32.0. The molecule has 2 saturated heterocycles. The number of morpholine rings is 2. The smallest absolute Gasteiger partial charge is 0.309 e. The summed E-state index contributed by atoms with van der Waals surface area (Å²) in [6, 6.07) is 25.3. The first-order valence-electron chi connectivity index (χ1n) is 22.8. The number of halogens is 6. The van der Waals surface area contributed by atoms with Crippen molar-refractivity contribution < 1.29 is 38.1 Å². The van der Waals surface area contributed by atoms with Crippen molar-refractivity contribution in [1.29, 1.82) is 0 Å². The number of carbonyl (C=O) groups excluding carboxylic acids is 4. The molecule has 4 aromatic rings. The molecule has 0 bridgehead atoms. The first kappa shape index (κ1) is 52.6. The summed E-state index contributed by atoms with van der Waals surface area (Å²) in [6.45, 7) is 12.0. The maximum absolute atomic E-state index is 13.7. The van der Waals surface area contributed by atoms with Crippen molar-refractivity contribution in [1.82, 2.24) is 9.80 Å². The zero-order valence-corrected chi connectivity index (χ0v) is 45.0. The van der Waals surface area contributed by atoms with Crippen LogP contribution in [0.3, 0.4) is 0 Å². The van der Waals surface area contributed by atoms with E-state index in [0.29, 0.717) is 45.0 Å². The predicted octanol–water partition coefficient (Wildman–Crippen LogP) is 13.8. The quantitative estimate of drug-likeness (QED) is 0.129. The Morgan fingerprint density at radius 2 is 0.882 bits per heavy atom. The van der Waals surface area contributed by atoms with Crippen LogP contribution in [0, 0.1) is 11.8 Å². The number of hydrogen-bond acceptors (Lipinski definition) is 8. The second-order valence-electron chi connectivity index (χ2n) is 19.9. The van der Waals surface area contributed by atoms with Gasteiger partial charge in [0.25, 0.3) is 11.8 Å². The summed E-state index contributed by atoms with van der Waals surface area (Å²) in [5, 5.41) is 2.34. The largest absolute Gasteiger partial charge is 0.460 e. The summed E-state index contributed by atoms with van der Waals surface area (Å²) in [5.74, 6) is -0.428. The van der Waals surface area contributed by atoms with Gasteiger partial charge in [0.05, 0.1) is 24.9 Å². The molecule has 4 fully saturated rings. The van der Waals surface area contributed by atoms with Gasteiger partial charge in [0.2, 0.25) is 0 Å². The van der Waals surface area contributed by atoms with Crippen LogP contribution >= 0.6 is 78.3 Å². The van der Waals surface area contributed by atoms with Crippen LogP contribution in [0.1, 0.15) is 127 Å². The van der Waals surface area contributed by atoms with E-state index >= 15 is 0 Å². The molecule has 2 amide bonds. The van der Waals surface area contributed by atoms with Gasteiger partial charge in [-0.3, -0.25) is 19.2 Å². The zero-order chi connectivity index (χ0) is 49.2. The Labute approximate surface area is 435 Å². The molecule has 0 aromatic heterocycles. The van der Waals surface area contributed by atoms with Gasteiger partial charge < -0.3 is 28.7 Å². The predicted molar refractivity (Wildman–Crippen MR) is 272 cm³/mol. The van der Waals surface area contributed by atoms with Crippen molar-refractivity contribution in [3.63, 3.8) is 0 Å². The van der Waals surface area contributed by atoms with Gasteiger partial charge in [0.15, 0.2) is 0 Å². The molecular weight excluding hydrogens is 1080 g/mol. The SMILES string of the molecule is CC(C)(C)OC(=O)C[C@@H]1O[C@H](c2cc(Cl)cc(Br)c2)[C@@H](c2ccc(Cl)cc2)N(CC2CC2)C1=O.CC(C)(C)OC(=O)C[C@H]1O[C@H](c2cc(Cl)cc(Br)c2)[C@@H](c2ccc(Cl)cc2)N(CC2CC2)C1=O. The maximum Gasteiger partial charge on any atom is 0.309 e. The minimum absolute atomic E-state index is 0.150. The minimum atomic E-state index is -0.945. The van der Waals surface area contributed by atoms with Crippen LogP contribution in [-0.4, -0.2) is 70.1 Å². The summed E-state index contributed by atoms with van der Waals surface area (Å²) in [6.07, 6.45) is 1.10. The fourth-order valence-corrected chi connectivity index (χ4v) is 10.5. The van der Waals surface area contributed by atoms with Crippen molar-refractivity contribution in [3.8, 4) is 0 Å². The lowest BCUT2D eigenvalue weighted by Crippen LogP contribution is -2.52. The molecule has 2 aliphatic carbocycles. The van der Waals surface area contributed by atoms with Gasteiger partial charge in [-0.1, -0.05) is 103 Å². The molecule has 364 valence electrons. The van der Waals surface area contributed by atoms with Crippen molar-refractivity contribution in [2.75, 3.05) is 13.1 Å². The Hall–Kier alpha value is -3.20. The van der Waals surface area contributed by atoms with Gasteiger partial charge in [0.1, 0.15) is 35.6 Å². The Kier molecular flexibility index (Phi) is 17.1. The van der Waals surface area contributed by atoms with E-state index < -0.39 is 47.6 Å². The van der Waals surface area contributed by atoms with E-state index in [1.165, 1.54) is 0 Å². The maximum atomic E-state index is 13.7. The first-order valence-corrected chi connectivity index (χ1v) is 25.9. The average Bonchev–Trinajstić information content (AvgIpc) is 4.18. The van der Waals surface area contributed by atoms with Gasteiger partial charge in [-0.2, -0.15) is 0 Å². The Balaban J connectivity index is 0.000000201. The van der Waals surface area contributed by atoms with Gasteiger partial charge in [-0.25, -0.2) is 0 Å².